The molecule has 0 radical (unpaired) electrons. The van der Waals surface area contributed by atoms with Gasteiger partial charge in [0, 0.05) is 14.7 Å². The van der Waals surface area contributed by atoms with E-state index in [9.17, 15) is 8.42 Å². The first-order valence-corrected chi connectivity index (χ1v) is 11.1. The normalized spacial score (nSPS) is 12.6. The molecule has 1 aromatic rings. The molecule has 0 heterocycles. The van der Waals surface area contributed by atoms with Gasteiger partial charge in [-0.3, -0.25) is 0 Å². The summed E-state index contributed by atoms with van der Waals surface area (Å²) in [6.07, 6.45) is 0. The van der Waals surface area contributed by atoms with Crippen LogP contribution in [0.2, 0.25) is 25.7 Å². The van der Waals surface area contributed by atoms with E-state index in [-0.39, 0.29) is 11.6 Å². The summed E-state index contributed by atoms with van der Waals surface area (Å²) in [6.45, 7) is 7.40. The SMILES string of the molecule is C[Si](C)(C)CCOCNS(=O)(=O)c1ccccc1. The Morgan fingerprint density at radius 3 is 2.33 bits per heavy atom. The third kappa shape index (κ3) is 5.77. The summed E-state index contributed by atoms with van der Waals surface area (Å²) in [5, 5.41) is 0. The Morgan fingerprint density at radius 2 is 1.78 bits per heavy atom. The van der Waals surface area contributed by atoms with Crippen molar-refractivity contribution in [2.75, 3.05) is 13.3 Å². The Morgan fingerprint density at radius 1 is 1.17 bits per heavy atom. The van der Waals surface area contributed by atoms with E-state index in [0.29, 0.717) is 6.61 Å². The molecule has 102 valence electrons. The molecule has 0 fully saturated rings. The summed E-state index contributed by atoms with van der Waals surface area (Å²) in [5.41, 5.74) is 0. The Bertz CT molecular complexity index is 454. The molecule has 1 aromatic carbocycles. The van der Waals surface area contributed by atoms with Gasteiger partial charge in [0.1, 0.15) is 6.73 Å². The van der Waals surface area contributed by atoms with Crippen molar-refractivity contribution in [3.8, 4) is 0 Å². The van der Waals surface area contributed by atoms with Crippen molar-refractivity contribution in [1.82, 2.24) is 4.72 Å². The maximum absolute atomic E-state index is 11.8. The zero-order valence-electron chi connectivity index (χ0n) is 11.1. The number of hydrogen-bond donors (Lipinski definition) is 1. The smallest absolute Gasteiger partial charge is 0.242 e. The molecule has 0 aliphatic heterocycles. The molecule has 0 unspecified atom stereocenters. The Labute approximate surface area is 110 Å². The highest BCUT2D eigenvalue weighted by molar-refractivity contribution is 7.89. The van der Waals surface area contributed by atoms with Crippen LogP contribution in [-0.2, 0) is 14.8 Å². The van der Waals surface area contributed by atoms with E-state index < -0.39 is 18.1 Å². The molecular weight excluding hydrogens is 266 g/mol. The van der Waals surface area contributed by atoms with E-state index in [1.165, 1.54) is 0 Å². The molecule has 6 heteroatoms. The van der Waals surface area contributed by atoms with Crippen molar-refractivity contribution < 1.29 is 13.2 Å². The van der Waals surface area contributed by atoms with Gasteiger partial charge >= 0.3 is 0 Å². The van der Waals surface area contributed by atoms with Gasteiger partial charge in [0.25, 0.3) is 0 Å². The van der Waals surface area contributed by atoms with Crippen molar-refractivity contribution in [2.45, 2.75) is 30.6 Å². The van der Waals surface area contributed by atoms with Crippen LogP contribution in [0.15, 0.2) is 35.2 Å². The molecule has 0 spiro atoms. The summed E-state index contributed by atoms with van der Waals surface area (Å²) in [7, 11) is -4.56. The number of hydrogen-bond acceptors (Lipinski definition) is 3. The summed E-state index contributed by atoms with van der Waals surface area (Å²) in [4.78, 5) is 0.263. The van der Waals surface area contributed by atoms with Gasteiger partial charge in [0.05, 0.1) is 4.90 Å². The highest BCUT2D eigenvalue weighted by atomic mass is 32.2. The van der Waals surface area contributed by atoms with Crippen LogP contribution in [0.5, 0.6) is 0 Å². The number of benzene rings is 1. The average Bonchev–Trinajstić information content (AvgIpc) is 2.28. The van der Waals surface area contributed by atoms with Gasteiger partial charge < -0.3 is 4.74 Å². The van der Waals surface area contributed by atoms with Crippen LogP contribution in [-0.4, -0.2) is 29.8 Å². The predicted octanol–water partition coefficient (Wildman–Crippen LogP) is 2.28. The molecule has 18 heavy (non-hydrogen) atoms. The molecule has 0 saturated carbocycles. The van der Waals surface area contributed by atoms with Crippen molar-refractivity contribution >= 4 is 18.1 Å². The van der Waals surface area contributed by atoms with Gasteiger partial charge in [-0.2, -0.15) is 4.72 Å². The second-order valence-electron chi connectivity index (χ2n) is 5.32. The predicted molar refractivity (Wildman–Crippen MR) is 75.7 cm³/mol. The summed E-state index contributed by atoms with van der Waals surface area (Å²) in [6, 6.07) is 9.32. The lowest BCUT2D eigenvalue weighted by atomic mass is 10.4. The highest BCUT2D eigenvalue weighted by Crippen LogP contribution is 2.08. The maximum Gasteiger partial charge on any atom is 0.242 e. The highest BCUT2D eigenvalue weighted by Gasteiger charge is 2.14. The lowest BCUT2D eigenvalue weighted by molar-refractivity contribution is 0.143. The van der Waals surface area contributed by atoms with E-state index in [1.807, 2.05) is 0 Å². The first-order chi connectivity index (χ1) is 8.31. The van der Waals surface area contributed by atoms with Crippen LogP contribution < -0.4 is 4.72 Å². The minimum atomic E-state index is -3.44. The number of nitrogens with one attached hydrogen (secondary N) is 1. The second kappa shape index (κ2) is 6.47. The van der Waals surface area contributed by atoms with Crippen LogP contribution in [0.25, 0.3) is 0 Å². The van der Waals surface area contributed by atoms with Crippen LogP contribution in [0.4, 0.5) is 0 Å². The van der Waals surface area contributed by atoms with E-state index in [1.54, 1.807) is 30.3 Å². The van der Waals surface area contributed by atoms with E-state index in [4.69, 9.17) is 4.74 Å². The van der Waals surface area contributed by atoms with Gasteiger partial charge in [-0.05, 0) is 18.2 Å². The summed E-state index contributed by atoms with van der Waals surface area (Å²) in [5.74, 6) is 0. The van der Waals surface area contributed by atoms with Crippen molar-refractivity contribution in [2.24, 2.45) is 0 Å². The van der Waals surface area contributed by atoms with Crippen molar-refractivity contribution in [3.05, 3.63) is 30.3 Å². The fraction of sp³-hybridized carbons (Fsp3) is 0.500. The summed E-state index contributed by atoms with van der Waals surface area (Å²) >= 11 is 0. The fourth-order valence-electron chi connectivity index (χ4n) is 1.25. The molecule has 0 atom stereocenters. The van der Waals surface area contributed by atoms with Crippen LogP contribution in [0.1, 0.15) is 0 Å². The molecular formula is C12H21NO3SSi. The molecule has 0 aliphatic rings. The zero-order chi connectivity index (χ0) is 13.6. The number of rotatable bonds is 7. The first kappa shape index (κ1) is 15.4. The van der Waals surface area contributed by atoms with Gasteiger partial charge in [0.2, 0.25) is 10.0 Å². The van der Waals surface area contributed by atoms with Gasteiger partial charge in [-0.1, -0.05) is 37.8 Å². The molecule has 1 N–H and O–H groups in total. The average molecular weight is 287 g/mol. The van der Waals surface area contributed by atoms with Gasteiger partial charge in [-0.15, -0.1) is 0 Å². The summed E-state index contributed by atoms with van der Waals surface area (Å²) < 4.78 is 31.4. The lowest BCUT2D eigenvalue weighted by Gasteiger charge is -2.15. The minimum Gasteiger partial charge on any atom is -0.366 e. The topological polar surface area (TPSA) is 55.4 Å². The Kier molecular flexibility index (Phi) is 5.52. The fourth-order valence-corrected chi connectivity index (χ4v) is 2.93. The van der Waals surface area contributed by atoms with E-state index in [2.05, 4.69) is 24.4 Å². The standard InChI is InChI=1S/C12H21NO3SSi/c1-18(2,3)10-9-16-11-13-17(14,15)12-7-5-4-6-8-12/h4-8,13H,9-11H2,1-3H3. The van der Waals surface area contributed by atoms with Crippen molar-refractivity contribution in [3.63, 3.8) is 0 Å². The second-order valence-corrected chi connectivity index (χ2v) is 12.7. The molecule has 0 amide bonds. The first-order valence-electron chi connectivity index (χ1n) is 5.94. The third-order valence-electron chi connectivity index (χ3n) is 2.40. The van der Waals surface area contributed by atoms with E-state index >= 15 is 0 Å². The van der Waals surface area contributed by atoms with Gasteiger partial charge in [0.15, 0.2) is 0 Å². The Hall–Kier alpha value is -0.693. The van der Waals surface area contributed by atoms with Gasteiger partial charge in [-0.25, -0.2) is 8.42 Å². The molecule has 1 rings (SSSR count). The van der Waals surface area contributed by atoms with Crippen LogP contribution in [0.3, 0.4) is 0 Å². The van der Waals surface area contributed by atoms with Crippen LogP contribution in [0, 0.1) is 0 Å². The molecule has 0 aliphatic carbocycles. The number of sulfonamides is 1. The largest absolute Gasteiger partial charge is 0.366 e. The molecule has 4 nitrogen and oxygen atoms in total. The number of ether oxygens (including phenoxy) is 1. The minimum absolute atomic E-state index is 0.0295. The lowest BCUT2D eigenvalue weighted by Crippen LogP contribution is -2.28. The molecule has 0 saturated heterocycles. The molecule has 0 bridgehead atoms. The molecule has 0 aromatic heterocycles. The van der Waals surface area contributed by atoms with Crippen molar-refractivity contribution in [1.29, 1.82) is 0 Å². The maximum atomic E-state index is 11.8. The Balaban J connectivity index is 2.36. The van der Waals surface area contributed by atoms with E-state index in [0.717, 1.165) is 6.04 Å². The van der Waals surface area contributed by atoms with Crippen LogP contribution >= 0.6 is 0 Å². The zero-order valence-corrected chi connectivity index (χ0v) is 13.0. The monoisotopic (exact) mass is 287 g/mol. The third-order valence-corrected chi connectivity index (χ3v) is 5.50. The quantitative estimate of drug-likeness (QED) is 0.475.